The van der Waals surface area contributed by atoms with Gasteiger partial charge in [0.05, 0.1) is 12.6 Å². The second-order valence-electron chi connectivity index (χ2n) is 7.16. The van der Waals surface area contributed by atoms with E-state index in [9.17, 15) is 9.90 Å². The molecule has 0 aliphatic carbocycles. The molecule has 1 saturated heterocycles. The molecule has 1 aliphatic rings. The molecule has 2 rings (SSSR count). The van der Waals surface area contributed by atoms with Crippen molar-refractivity contribution in [2.75, 3.05) is 33.4 Å². The number of carbonyl (C=O) groups is 1. The molecule has 0 saturated carbocycles. The van der Waals surface area contributed by atoms with Gasteiger partial charge < -0.3 is 9.84 Å². The number of ether oxygens (including phenoxy) is 1. The number of benzene rings is 1. The lowest BCUT2D eigenvalue weighted by atomic mass is 9.90. The van der Waals surface area contributed by atoms with Gasteiger partial charge in [-0.1, -0.05) is 30.3 Å². The molecule has 1 aromatic carbocycles. The zero-order chi connectivity index (χ0) is 17.0. The van der Waals surface area contributed by atoms with Crippen molar-refractivity contribution >= 4 is 6.09 Å². The summed E-state index contributed by atoms with van der Waals surface area (Å²) >= 11 is 0. The van der Waals surface area contributed by atoms with Crippen molar-refractivity contribution in [3.8, 4) is 0 Å². The molecule has 1 amide bonds. The lowest BCUT2D eigenvalue weighted by Crippen LogP contribution is -2.53. The van der Waals surface area contributed by atoms with Gasteiger partial charge in [-0.05, 0) is 26.3 Å². The Balaban J connectivity index is 2.30. The van der Waals surface area contributed by atoms with Crippen LogP contribution in [-0.2, 0) is 4.74 Å². The van der Waals surface area contributed by atoms with E-state index in [1.807, 2.05) is 39.0 Å². The first-order chi connectivity index (χ1) is 10.8. The maximum atomic E-state index is 11.9. The summed E-state index contributed by atoms with van der Waals surface area (Å²) in [6, 6.07) is 10.2. The molecule has 1 N–H and O–H groups in total. The Labute approximate surface area is 138 Å². The summed E-state index contributed by atoms with van der Waals surface area (Å²) in [4.78, 5) is 15.8. The van der Waals surface area contributed by atoms with Crippen LogP contribution in [0.15, 0.2) is 30.3 Å². The van der Waals surface area contributed by atoms with Crippen LogP contribution in [0.1, 0.15) is 32.3 Å². The number of methoxy groups -OCH3 is 1. The van der Waals surface area contributed by atoms with Crippen molar-refractivity contribution < 1.29 is 14.6 Å². The van der Waals surface area contributed by atoms with Crippen molar-refractivity contribution in [1.29, 1.82) is 0 Å². The predicted molar refractivity (Wildman–Crippen MR) is 90.9 cm³/mol. The summed E-state index contributed by atoms with van der Waals surface area (Å²) in [5.41, 5.74) is 0.772. The SMILES string of the molecule is COCCN1C[C@@H](N(C(=O)O)C(C)(C)C)[C@H](c2ccccc2)C1. The molecular formula is C18H28N2O3. The van der Waals surface area contributed by atoms with Gasteiger partial charge in [-0.15, -0.1) is 0 Å². The van der Waals surface area contributed by atoms with Crippen LogP contribution in [0.3, 0.4) is 0 Å². The summed E-state index contributed by atoms with van der Waals surface area (Å²) < 4.78 is 5.18. The molecule has 0 unspecified atom stereocenters. The van der Waals surface area contributed by atoms with Crippen LogP contribution in [0.2, 0.25) is 0 Å². The number of nitrogens with zero attached hydrogens (tertiary/aromatic N) is 2. The van der Waals surface area contributed by atoms with Crippen LogP contribution in [0, 0.1) is 0 Å². The highest BCUT2D eigenvalue weighted by Crippen LogP contribution is 2.34. The van der Waals surface area contributed by atoms with Gasteiger partial charge in [-0.3, -0.25) is 9.80 Å². The van der Waals surface area contributed by atoms with Gasteiger partial charge in [0.2, 0.25) is 0 Å². The third kappa shape index (κ3) is 4.24. The highest BCUT2D eigenvalue weighted by atomic mass is 16.5. The fraction of sp³-hybridized carbons (Fsp3) is 0.611. The van der Waals surface area contributed by atoms with E-state index in [1.54, 1.807) is 12.0 Å². The largest absolute Gasteiger partial charge is 0.465 e. The van der Waals surface area contributed by atoms with Crippen LogP contribution in [0.4, 0.5) is 4.79 Å². The van der Waals surface area contributed by atoms with Crippen molar-refractivity contribution in [2.24, 2.45) is 0 Å². The van der Waals surface area contributed by atoms with Crippen molar-refractivity contribution in [3.05, 3.63) is 35.9 Å². The molecule has 5 nitrogen and oxygen atoms in total. The zero-order valence-corrected chi connectivity index (χ0v) is 14.5. The van der Waals surface area contributed by atoms with Gasteiger partial charge in [-0.25, -0.2) is 4.79 Å². The quantitative estimate of drug-likeness (QED) is 0.906. The summed E-state index contributed by atoms with van der Waals surface area (Å²) in [6.45, 7) is 8.97. The first-order valence-corrected chi connectivity index (χ1v) is 8.13. The molecule has 1 aliphatic heterocycles. The minimum Gasteiger partial charge on any atom is -0.465 e. The summed E-state index contributed by atoms with van der Waals surface area (Å²) in [7, 11) is 1.70. The monoisotopic (exact) mass is 320 g/mol. The maximum absolute atomic E-state index is 11.9. The first kappa shape index (κ1) is 17.8. The topological polar surface area (TPSA) is 53.0 Å². The summed E-state index contributed by atoms with van der Waals surface area (Å²) in [5.74, 6) is 0.184. The molecule has 1 fully saturated rings. The number of hydrogen-bond donors (Lipinski definition) is 1. The van der Waals surface area contributed by atoms with E-state index in [0.717, 1.165) is 19.6 Å². The van der Waals surface area contributed by atoms with E-state index in [-0.39, 0.29) is 12.0 Å². The molecule has 5 heteroatoms. The van der Waals surface area contributed by atoms with E-state index in [2.05, 4.69) is 17.0 Å². The average Bonchev–Trinajstić information content (AvgIpc) is 2.87. The zero-order valence-electron chi connectivity index (χ0n) is 14.5. The lowest BCUT2D eigenvalue weighted by molar-refractivity contribution is 0.0667. The third-order valence-corrected chi connectivity index (χ3v) is 4.46. The minimum atomic E-state index is -0.850. The normalized spacial score (nSPS) is 22.3. The molecular weight excluding hydrogens is 292 g/mol. The van der Waals surface area contributed by atoms with Crippen LogP contribution in [0.25, 0.3) is 0 Å². The Morgan fingerprint density at radius 3 is 2.48 bits per heavy atom. The second kappa shape index (κ2) is 7.32. The standard InChI is InChI=1S/C18H28N2O3/c1-18(2,3)20(17(21)22)16-13-19(10-11-23-4)12-15(16)14-8-6-5-7-9-14/h5-9,15-16H,10-13H2,1-4H3,(H,21,22)/t15-,16+/m0/s1. The molecule has 0 bridgehead atoms. The molecule has 0 aromatic heterocycles. The second-order valence-corrected chi connectivity index (χ2v) is 7.16. The molecule has 23 heavy (non-hydrogen) atoms. The molecule has 0 spiro atoms. The van der Waals surface area contributed by atoms with E-state index in [4.69, 9.17) is 4.74 Å². The van der Waals surface area contributed by atoms with E-state index < -0.39 is 11.6 Å². The highest BCUT2D eigenvalue weighted by molar-refractivity contribution is 5.67. The maximum Gasteiger partial charge on any atom is 0.408 e. The predicted octanol–water partition coefficient (Wildman–Crippen LogP) is 2.88. The molecule has 0 radical (unpaired) electrons. The van der Waals surface area contributed by atoms with E-state index >= 15 is 0 Å². The Morgan fingerprint density at radius 1 is 1.30 bits per heavy atom. The fourth-order valence-corrected chi connectivity index (χ4v) is 3.48. The van der Waals surface area contributed by atoms with E-state index in [1.165, 1.54) is 5.56 Å². The number of carboxylic acid groups (broad SMARTS) is 1. The van der Waals surface area contributed by atoms with Gasteiger partial charge >= 0.3 is 6.09 Å². The lowest BCUT2D eigenvalue weighted by Gasteiger charge is -2.40. The molecule has 1 aromatic rings. The Hall–Kier alpha value is -1.59. The van der Waals surface area contributed by atoms with Crippen molar-refractivity contribution in [2.45, 2.75) is 38.3 Å². The molecule has 1 heterocycles. The Bertz CT molecular complexity index is 513. The smallest absolute Gasteiger partial charge is 0.408 e. The van der Waals surface area contributed by atoms with Gasteiger partial charge in [0.1, 0.15) is 0 Å². The number of hydrogen-bond acceptors (Lipinski definition) is 3. The third-order valence-electron chi connectivity index (χ3n) is 4.46. The summed E-state index contributed by atoms with van der Waals surface area (Å²) in [5, 5.41) is 9.78. The van der Waals surface area contributed by atoms with Crippen LogP contribution in [-0.4, -0.2) is 65.9 Å². The van der Waals surface area contributed by atoms with Gasteiger partial charge in [0, 0.05) is 38.2 Å². The Morgan fingerprint density at radius 2 is 1.96 bits per heavy atom. The van der Waals surface area contributed by atoms with Crippen LogP contribution in [0.5, 0.6) is 0 Å². The van der Waals surface area contributed by atoms with Gasteiger partial charge in [0.25, 0.3) is 0 Å². The van der Waals surface area contributed by atoms with Crippen LogP contribution < -0.4 is 0 Å². The Kier molecular flexibility index (Phi) is 5.65. The molecule has 2 atom stereocenters. The van der Waals surface area contributed by atoms with Gasteiger partial charge in [0.15, 0.2) is 0 Å². The van der Waals surface area contributed by atoms with Crippen molar-refractivity contribution in [1.82, 2.24) is 9.80 Å². The summed E-state index contributed by atoms with van der Waals surface area (Å²) in [6.07, 6.45) is -0.850. The molecule has 128 valence electrons. The number of rotatable bonds is 5. The highest BCUT2D eigenvalue weighted by Gasteiger charge is 2.43. The minimum absolute atomic E-state index is 0.0493. The average molecular weight is 320 g/mol. The van der Waals surface area contributed by atoms with Crippen LogP contribution >= 0.6 is 0 Å². The van der Waals surface area contributed by atoms with Crippen molar-refractivity contribution in [3.63, 3.8) is 0 Å². The van der Waals surface area contributed by atoms with E-state index in [0.29, 0.717) is 6.61 Å². The number of likely N-dealkylation sites (tertiary alicyclic amines) is 1. The first-order valence-electron chi connectivity index (χ1n) is 8.13. The number of amides is 1. The van der Waals surface area contributed by atoms with Gasteiger partial charge in [-0.2, -0.15) is 0 Å². The fourth-order valence-electron chi connectivity index (χ4n) is 3.48.